The predicted molar refractivity (Wildman–Crippen MR) is 115 cm³/mol. The molecule has 30 heavy (non-hydrogen) atoms. The molecule has 0 fully saturated rings. The Balaban J connectivity index is 1.91. The number of aliphatic hydroxyl groups excluding tert-OH is 1. The van der Waals surface area contributed by atoms with Gasteiger partial charge in [-0.15, -0.1) is 11.3 Å². The molecular weight excluding hydrogens is 402 g/mol. The molecule has 2 aromatic heterocycles. The van der Waals surface area contributed by atoms with Crippen LogP contribution in [0.25, 0.3) is 10.9 Å². The van der Waals surface area contributed by atoms with Crippen molar-refractivity contribution in [1.29, 1.82) is 0 Å². The number of para-hydroxylation sites is 1. The Kier molecular flexibility index (Phi) is 5.21. The third-order valence-electron chi connectivity index (χ3n) is 5.42. The summed E-state index contributed by atoms with van der Waals surface area (Å²) < 4.78 is 7.14. The Labute approximate surface area is 178 Å². The number of thiazole rings is 1. The number of fused-ring (bicyclic) bond motifs is 1. The van der Waals surface area contributed by atoms with Crippen molar-refractivity contribution in [1.82, 2.24) is 14.5 Å². The number of rotatable bonds is 6. The number of carbonyl (C=O) groups excluding carboxylic acids is 2. The normalized spacial score (nSPS) is 16.9. The van der Waals surface area contributed by atoms with Gasteiger partial charge in [-0.2, -0.15) is 0 Å². The summed E-state index contributed by atoms with van der Waals surface area (Å²) in [4.78, 5) is 32.8. The topological polar surface area (TPSA) is 84.7 Å². The Hall–Kier alpha value is -2.97. The van der Waals surface area contributed by atoms with Crippen LogP contribution in [0.5, 0.6) is 0 Å². The second-order valence-corrected chi connectivity index (χ2v) is 8.55. The first-order chi connectivity index (χ1) is 14.3. The number of nitrogens with zero attached hydrogens (tertiary/aromatic N) is 3. The zero-order valence-electron chi connectivity index (χ0n) is 17.3. The number of hydrogen-bond donors (Lipinski definition) is 1. The summed E-state index contributed by atoms with van der Waals surface area (Å²) >= 11 is 1.27. The van der Waals surface area contributed by atoms with Crippen molar-refractivity contribution in [2.75, 3.05) is 20.3 Å². The average Bonchev–Trinajstić information content (AvgIpc) is 3.32. The molecule has 3 aromatic rings. The summed E-state index contributed by atoms with van der Waals surface area (Å²) in [5.74, 6) is -1.42. The van der Waals surface area contributed by atoms with E-state index in [9.17, 15) is 14.7 Å². The molecule has 1 aliphatic rings. The molecule has 1 aliphatic heterocycles. The van der Waals surface area contributed by atoms with Crippen molar-refractivity contribution in [2.45, 2.75) is 19.9 Å². The van der Waals surface area contributed by atoms with Gasteiger partial charge >= 0.3 is 0 Å². The molecular formula is C22H23N3O4S. The van der Waals surface area contributed by atoms with Gasteiger partial charge in [0.1, 0.15) is 0 Å². The summed E-state index contributed by atoms with van der Waals surface area (Å²) in [6.07, 6.45) is 1.92. The Morgan fingerprint density at radius 1 is 1.30 bits per heavy atom. The van der Waals surface area contributed by atoms with Gasteiger partial charge in [-0.25, -0.2) is 4.98 Å². The fourth-order valence-corrected chi connectivity index (χ4v) is 4.96. The summed E-state index contributed by atoms with van der Waals surface area (Å²) in [5, 5.41) is 12.5. The molecule has 1 amide bonds. The molecule has 0 spiro atoms. The van der Waals surface area contributed by atoms with Crippen molar-refractivity contribution < 1.29 is 19.4 Å². The molecule has 156 valence electrons. The smallest absolute Gasteiger partial charge is 0.290 e. The van der Waals surface area contributed by atoms with Gasteiger partial charge in [-0.1, -0.05) is 18.2 Å². The van der Waals surface area contributed by atoms with E-state index in [1.807, 2.05) is 49.0 Å². The quantitative estimate of drug-likeness (QED) is 0.611. The molecule has 4 rings (SSSR count). The molecule has 0 bridgehead atoms. The van der Waals surface area contributed by atoms with Gasteiger partial charge in [0.15, 0.2) is 5.76 Å². The largest absolute Gasteiger partial charge is 0.503 e. The predicted octanol–water partition coefficient (Wildman–Crippen LogP) is 3.48. The minimum absolute atomic E-state index is 0.0965. The van der Waals surface area contributed by atoms with Gasteiger partial charge in [0, 0.05) is 43.4 Å². The molecule has 1 atom stereocenters. The van der Waals surface area contributed by atoms with Crippen LogP contribution in [0.1, 0.15) is 32.0 Å². The maximum atomic E-state index is 13.5. The summed E-state index contributed by atoms with van der Waals surface area (Å²) in [6.45, 7) is 4.14. The van der Waals surface area contributed by atoms with Crippen LogP contribution >= 0.6 is 11.3 Å². The summed E-state index contributed by atoms with van der Waals surface area (Å²) in [7, 11) is 3.47. The van der Waals surface area contributed by atoms with Crippen molar-refractivity contribution in [2.24, 2.45) is 7.05 Å². The summed E-state index contributed by atoms with van der Waals surface area (Å²) in [6, 6.07) is 7.11. The van der Waals surface area contributed by atoms with Gasteiger partial charge in [-0.05, 0) is 19.9 Å². The van der Waals surface area contributed by atoms with E-state index in [1.54, 1.807) is 14.0 Å². The van der Waals surface area contributed by atoms with Gasteiger partial charge in [-0.3, -0.25) is 9.59 Å². The first kappa shape index (κ1) is 20.3. The number of aromatic nitrogens is 2. The number of amides is 1. The second-order valence-electron chi connectivity index (χ2n) is 7.35. The lowest BCUT2D eigenvalue weighted by molar-refractivity contribution is -0.130. The number of benzene rings is 1. The molecule has 0 saturated heterocycles. The van der Waals surface area contributed by atoms with E-state index in [4.69, 9.17) is 4.74 Å². The van der Waals surface area contributed by atoms with Gasteiger partial charge in [0.25, 0.3) is 5.91 Å². The number of hydrogen-bond acceptors (Lipinski definition) is 6. The van der Waals surface area contributed by atoms with E-state index in [1.165, 1.54) is 16.2 Å². The van der Waals surface area contributed by atoms with Gasteiger partial charge in [0.05, 0.1) is 33.8 Å². The molecule has 0 aliphatic carbocycles. The minimum Gasteiger partial charge on any atom is -0.503 e. The average molecular weight is 426 g/mol. The third kappa shape index (κ3) is 3.12. The van der Waals surface area contributed by atoms with Crippen molar-refractivity contribution in [3.8, 4) is 0 Å². The highest BCUT2D eigenvalue weighted by molar-refractivity contribution is 7.14. The molecule has 1 aromatic carbocycles. The third-order valence-corrected chi connectivity index (χ3v) is 6.49. The summed E-state index contributed by atoms with van der Waals surface area (Å²) in [5.41, 5.74) is 2.47. The first-order valence-electron chi connectivity index (χ1n) is 9.60. The number of aliphatic hydroxyl groups is 1. The maximum absolute atomic E-state index is 13.5. The molecule has 1 N–H and O–H groups in total. The van der Waals surface area contributed by atoms with Crippen LogP contribution in [0, 0.1) is 13.8 Å². The van der Waals surface area contributed by atoms with Crippen molar-refractivity contribution in [3.05, 3.63) is 62.9 Å². The number of ether oxygens (including phenoxy) is 1. The SMILES string of the molecule is COCCN1C(=O)C(O)=C(C(=O)c2sc(C)nc2C)C1c1cn(C)c2ccccc12. The second kappa shape index (κ2) is 7.70. The highest BCUT2D eigenvalue weighted by Gasteiger charge is 2.45. The Bertz CT molecular complexity index is 1190. The number of carbonyl (C=O) groups is 2. The van der Waals surface area contributed by atoms with E-state index in [-0.39, 0.29) is 17.9 Å². The van der Waals surface area contributed by atoms with E-state index < -0.39 is 17.7 Å². The lowest BCUT2D eigenvalue weighted by Crippen LogP contribution is -2.33. The van der Waals surface area contributed by atoms with Crippen LogP contribution in [-0.4, -0.2) is 51.5 Å². The van der Waals surface area contributed by atoms with E-state index in [2.05, 4.69) is 4.98 Å². The highest BCUT2D eigenvalue weighted by atomic mass is 32.1. The molecule has 3 heterocycles. The lowest BCUT2D eigenvalue weighted by Gasteiger charge is -2.26. The van der Waals surface area contributed by atoms with Crippen LogP contribution < -0.4 is 0 Å². The molecule has 0 radical (unpaired) electrons. The first-order valence-corrected chi connectivity index (χ1v) is 10.4. The maximum Gasteiger partial charge on any atom is 0.290 e. The van der Waals surface area contributed by atoms with Crippen LogP contribution in [0.2, 0.25) is 0 Å². The number of ketones is 1. The Morgan fingerprint density at radius 3 is 2.70 bits per heavy atom. The minimum atomic E-state index is -0.701. The standard InChI is InChI=1S/C22H23N3O4S/c1-12-21(30-13(2)23-12)19(26)17-18(25(9-10-29-4)22(28)20(17)27)15-11-24(3)16-8-6-5-7-14(15)16/h5-8,11,18,27H,9-10H2,1-4H3. The van der Waals surface area contributed by atoms with E-state index >= 15 is 0 Å². The zero-order valence-corrected chi connectivity index (χ0v) is 18.1. The zero-order chi connectivity index (χ0) is 21.6. The number of Topliss-reactive ketones (excluding diaryl/α,β-unsaturated/α-hetero) is 1. The number of aryl methyl sites for hydroxylation is 3. The molecule has 7 nitrogen and oxygen atoms in total. The van der Waals surface area contributed by atoms with Crippen molar-refractivity contribution >= 4 is 33.9 Å². The molecule has 8 heteroatoms. The monoisotopic (exact) mass is 425 g/mol. The van der Waals surface area contributed by atoms with Crippen LogP contribution in [-0.2, 0) is 16.6 Å². The molecule has 1 unspecified atom stereocenters. The van der Waals surface area contributed by atoms with Crippen molar-refractivity contribution in [3.63, 3.8) is 0 Å². The highest BCUT2D eigenvalue weighted by Crippen LogP contribution is 2.42. The molecule has 0 saturated carbocycles. The van der Waals surface area contributed by atoms with Crippen LogP contribution in [0.15, 0.2) is 41.8 Å². The number of methoxy groups -OCH3 is 1. The Morgan fingerprint density at radius 2 is 2.03 bits per heavy atom. The fourth-order valence-electron chi connectivity index (χ4n) is 4.08. The van der Waals surface area contributed by atoms with Gasteiger partial charge in [0.2, 0.25) is 5.78 Å². The van der Waals surface area contributed by atoms with Crippen LogP contribution in [0.4, 0.5) is 0 Å². The van der Waals surface area contributed by atoms with E-state index in [0.29, 0.717) is 17.2 Å². The fraction of sp³-hybridized carbons (Fsp3) is 0.318. The lowest BCUT2D eigenvalue weighted by atomic mass is 9.94. The van der Waals surface area contributed by atoms with E-state index in [0.717, 1.165) is 21.5 Å². The van der Waals surface area contributed by atoms with Crippen LogP contribution in [0.3, 0.4) is 0 Å². The van der Waals surface area contributed by atoms with Gasteiger partial charge < -0.3 is 19.3 Å².